The Balaban J connectivity index is 1.16. The third-order valence-electron chi connectivity index (χ3n) is 10.1. The van der Waals surface area contributed by atoms with Crippen LogP contribution in [0.4, 0.5) is 22.0 Å². The van der Waals surface area contributed by atoms with Gasteiger partial charge >= 0.3 is 6.36 Å². The van der Waals surface area contributed by atoms with Crippen LogP contribution in [0, 0.1) is 5.92 Å². The highest BCUT2D eigenvalue weighted by Gasteiger charge is 2.48. The molecule has 282 valence electrons. The third-order valence-corrected chi connectivity index (χ3v) is 12.0. The van der Waals surface area contributed by atoms with Crippen molar-refractivity contribution in [2.24, 2.45) is 11.7 Å². The minimum Gasteiger partial charge on any atom is -0.493 e. The fraction of sp³-hybridized carbons (Fsp3) is 0.486. The molecule has 0 bridgehead atoms. The molecule has 0 unspecified atom stereocenters. The average Bonchev–Trinajstić information content (AvgIpc) is 3.12. The molecule has 9 nitrogen and oxygen atoms in total. The van der Waals surface area contributed by atoms with Crippen molar-refractivity contribution in [3.05, 3.63) is 78.4 Å². The Labute approximate surface area is 300 Å². The molecule has 2 heterocycles. The summed E-state index contributed by atoms with van der Waals surface area (Å²) >= 11 is 0. The first-order valence-electron chi connectivity index (χ1n) is 17.5. The number of nitrogens with two attached hydrogens (primary N) is 1. The highest BCUT2D eigenvalue weighted by Crippen LogP contribution is 2.31. The van der Waals surface area contributed by atoms with E-state index in [0.717, 1.165) is 33.2 Å². The SMILES string of the molecule is N[C@@H]1CCN(C(=O)[C@@H]2CN(Cc3ccc(-c4ccc(OC(F)(F)F)cc4)cc3)CCN2S(=O)(=O)c2ccc(OCC3CCCCC3)cc2)CC1(F)F. The Bertz CT molecular complexity index is 1770. The molecule has 0 spiro atoms. The summed E-state index contributed by atoms with van der Waals surface area (Å²) in [6.07, 6.45) is 0.896. The van der Waals surface area contributed by atoms with Gasteiger partial charge in [-0.1, -0.05) is 55.7 Å². The molecular weight excluding hydrogens is 707 g/mol. The van der Waals surface area contributed by atoms with Crippen molar-refractivity contribution in [1.82, 2.24) is 14.1 Å². The molecular formula is C37H43F5N4O5S. The molecule has 0 radical (unpaired) electrons. The van der Waals surface area contributed by atoms with E-state index in [1.807, 2.05) is 17.0 Å². The first-order chi connectivity index (χ1) is 24.7. The molecule has 6 rings (SSSR count). The Morgan fingerprint density at radius 3 is 2.06 bits per heavy atom. The lowest BCUT2D eigenvalue weighted by atomic mass is 9.90. The number of rotatable bonds is 10. The number of likely N-dealkylation sites (tertiary alicyclic amines) is 1. The number of piperidine rings is 1. The number of benzene rings is 3. The summed E-state index contributed by atoms with van der Waals surface area (Å²) in [6.45, 7) is 0.182. The molecule has 3 aromatic rings. The van der Waals surface area contributed by atoms with Gasteiger partial charge in [0.25, 0.3) is 5.92 Å². The lowest BCUT2D eigenvalue weighted by molar-refractivity contribution is -0.274. The van der Waals surface area contributed by atoms with Crippen LogP contribution in [-0.2, 0) is 21.4 Å². The fourth-order valence-electron chi connectivity index (χ4n) is 7.13. The largest absolute Gasteiger partial charge is 0.573 e. The summed E-state index contributed by atoms with van der Waals surface area (Å²) in [5.74, 6) is -3.33. The summed E-state index contributed by atoms with van der Waals surface area (Å²) < 4.78 is 106. The van der Waals surface area contributed by atoms with Crippen LogP contribution in [-0.4, -0.2) is 92.1 Å². The summed E-state index contributed by atoms with van der Waals surface area (Å²) in [4.78, 5) is 16.9. The molecule has 0 aromatic heterocycles. The van der Waals surface area contributed by atoms with Crippen molar-refractivity contribution in [1.29, 1.82) is 0 Å². The third kappa shape index (κ3) is 9.22. The topological polar surface area (TPSA) is 105 Å². The molecule has 1 saturated carbocycles. The van der Waals surface area contributed by atoms with Crippen LogP contribution in [0.2, 0.25) is 0 Å². The van der Waals surface area contributed by atoms with E-state index in [0.29, 0.717) is 30.4 Å². The van der Waals surface area contributed by atoms with Gasteiger partial charge < -0.3 is 20.1 Å². The summed E-state index contributed by atoms with van der Waals surface area (Å²) in [6, 6.07) is 16.2. The van der Waals surface area contributed by atoms with Gasteiger partial charge in [-0.2, -0.15) is 4.31 Å². The lowest BCUT2D eigenvalue weighted by Crippen LogP contribution is -2.64. The monoisotopic (exact) mass is 750 g/mol. The molecule has 1 aliphatic carbocycles. The number of halogens is 5. The summed E-state index contributed by atoms with van der Waals surface area (Å²) in [5, 5.41) is 0. The van der Waals surface area contributed by atoms with E-state index in [9.17, 15) is 35.2 Å². The first kappa shape index (κ1) is 38.0. The zero-order valence-electron chi connectivity index (χ0n) is 28.6. The normalized spacial score (nSPS) is 22.2. The van der Waals surface area contributed by atoms with E-state index >= 15 is 0 Å². The van der Waals surface area contributed by atoms with E-state index in [4.69, 9.17) is 10.5 Å². The van der Waals surface area contributed by atoms with Gasteiger partial charge in [-0.15, -0.1) is 13.2 Å². The highest BCUT2D eigenvalue weighted by atomic mass is 32.2. The first-order valence-corrected chi connectivity index (χ1v) is 19.0. The maximum atomic E-state index is 14.7. The van der Waals surface area contributed by atoms with Crippen molar-refractivity contribution >= 4 is 15.9 Å². The van der Waals surface area contributed by atoms with Crippen LogP contribution < -0.4 is 15.2 Å². The Morgan fingerprint density at radius 1 is 0.827 bits per heavy atom. The maximum absolute atomic E-state index is 14.7. The van der Waals surface area contributed by atoms with Gasteiger partial charge in [0, 0.05) is 32.7 Å². The Kier molecular flexibility index (Phi) is 11.4. The van der Waals surface area contributed by atoms with E-state index in [1.54, 1.807) is 24.3 Å². The van der Waals surface area contributed by atoms with Gasteiger partial charge in [0.2, 0.25) is 15.9 Å². The van der Waals surface area contributed by atoms with Crippen molar-refractivity contribution < 1.29 is 44.6 Å². The number of hydrogen-bond donors (Lipinski definition) is 1. The number of hydrogen-bond acceptors (Lipinski definition) is 7. The van der Waals surface area contributed by atoms with Gasteiger partial charge in [-0.05, 0) is 78.3 Å². The van der Waals surface area contributed by atoms with Crippen LogP contribution in [0.5, 0.6) is 11.5 Å². The molecule has 2 atom stereocenters. The Morgan fingerprint density at radius 2 is 1.44 bits per heavy atom. The van der Waals surface area contributed by atoms with Gasteiger partial charge in [-0.3, -0.25) is 9.69 Å². The predicted molar refractivity (Wildman–Crippen MR) is 184 cm³/mol. The van der Waals surface area contributed by atoms with E-state index < -0.39 is 46.8 Å². The quantitative estimate of drug-likeness (QED) is 0.243. The lowest BCUT2D eigenvalue weighted by Gasteiger charge is -2.43. The Hall–Kier alpha value is -3.79. The van der Waals surface area contributed by atoms with Crippen molar-refractivity contribution in [2.45, 2.75) is 74.3 Å². The zero-order valence-corrected chi connectivity index (χ0v) is 29.4. The molecule has 2 N–H and O–H groups in total. The van der Waals surface area contributed by atoms with Crippen LogP contribution in [0.3, 0.4) is 0 Å². The van der Waals surface area contributed by atoms with Crippen LogP contribution in [0.1, 0.15) is 44.1 Å². The molecule has 3 aromatic carbocycles. The van der Waals surface area contributed by atoms with E-state index in [1.165, 1.54) is 55.7 Å². The van der Waals surface area contributed by atoms with E-state index in [2.05, 4.69) is 4.74 Å². The molecule has 3 fully saturated rings. The predicted octanol–water partition coefficient (Wildman–Crippen LogP) is 6.28. The zero-order chi connectivity index (χ0) is 37.1. The minimum atomic E-state index is -4.79. The molecule has 2 aliphatic heterocycles. The maximum Gasteiger partial charge on any atom is 0.573 e. The second kappa shape index (κ2) is 15.7. The second-order valence-corrected chi connectivity index (χ2v) is 15.7. The number of ether oxygens (including phenoxy) is 2. The molecule has 15 heteroatoms. The summed E-state index contributed by atoms with van der Waals surface area (Å²) in [5.41, 5.74) is 7.89. The number of piperazine rings is 1. The van der Waals surface area contributed by atoms with Gasteiger partial charge in [0.05, 0.1) is 24.1 Å². The van der Waals surface area contributed by atoms with Crippen molar-refractivity contribution in [3.8, 4) is 22.6 Å². The minimum absolute atomic E-state index is 0.0161. The summed E-state index contributed by atoms with van der Waals surface area (Å²) in [7, 11) is -4.21. The number of nitrogens with zero attached hydrogens (tertiary/aromatic N) is 3. The van der Waals surface area contributed by atoms with Crippen molar-refractivity contribution in [3.63, 3.8) is 0 Å². The van der Waals surface area contributed by atoms with Gasteiger partial charge in [-0.25, -0.2) is 17.2 Å². The smallest absolute Gasteiger partial charge is 0.493 e. The van der Waals surface area contributed by atoms with E-state index in [-0.39, 0.29) is 43.2 Å². The average molecular weight is 751 g/mol. The molecule has 1 amide bonds. The second-order valence-electron chi connectivity index (χ2n) is 13.8. The van der Waals surface area contributed by atoms with Gasteiger partial charge in [0.15, 0.2) is 0 Å². The highest BCUT2D eigenvalue weighted by molar-refractivity contribution is 7.89. The van der Waals surface area contributed by atoms with Crippen LogP contribution in [0.15, 0.2) is 77.7 Å². The molecule has 3 aliphatic rings. The number of carbonyl (C=O) groups is 1. The number of amides is 1. The van der Waals surface area contributed by atoms with Crippen LogP contribution in [0.25, 0.3) is 11.1 Å². The number of alkyl halides is 5. The number of carbonyl (C=O) groups excluding carboxylic acids is 1. The molecule has 2 saturated heterocycles. The fourth-order valence-corrected chi connectivity index (χ4v) is 8.70. The number of sulfonamides is 1. The van der Waals surface area contributed by atoms with Crippen LogP contribution >= 0.6 is 0 Å². The van der Waals surface area contributed by atoms with Crippen molar-refractivity contribution in [2.75, 3.05) is 39.3 Å². The molecule has 52 heavy (non-hydrogen) atoms. The van der Waals surface area contributed by atoms with Gasteiger partial charge in [0.1, 0.15) is 17.5 Å². The standard InChI is InChI=1S/C37H43F5N4O5S/c38-36(39)25-45(19-18-34(36)43)35(47)33-23-44(22-26-6-8-28(9-7-26)29-10-12-31(13-11-29)51-37(40,41)42)20-21-46(33)52(48,49)32-16-14-30(15-17-32)50-24-27-4-2-1-3-5-27/h6-17,27,33-34H,1-5,18-25,43H2/t33-,34+/m0/s1.